The summed E-state index contributed by atoms with van der Waals surface area (Å²) in [5.41, 5.74) is 0.664. The van der Waals surface area contributed by atoms with Crippen molar-refractivity contribution in [1.82, 2.24) is 4.90 Å². The summed E-state index contributed by atoms with van der Waals surface area (Å²) in [6, 6.07) is 9.22. The Hall–Kier alpha value is -2.91. The van der Waals surface area contributed by atoms with Gasteiger partial charge in [0.2, 0.25) is 0 Å². The quantitative estimate of drug-likeness (QED) is 0.389. The average molecular weight is 414 g/mol. The van der Waals surface area contributed by atoms with Crippen LogP contribution in [0.4, 0.5) is 5.69 Å². The van der Waals surface area contributed by atoms with Crippen LogP contribution in [-0.4, -0.2) is 40.9 Å². The number of carbonyl (C=O) groups excluding carboxylic acids is 2. The fourth-order valence-electron chi connectivity index (χ4n) is 3.39. The predicted molar refractivity (Wildman–Crippen MR) is 106 cm³/mol. The van der Waals surface area contributed by atoms with Crippen LogP contribution in [0.1, 0.15) is 24.2 Å². The van der Waals surface area contributed by atoms with Crippen molar-refractivity contribution in [2.75, 3.05) is 13.2 Å². The van der Waals surface area contributed by atoms with Crippen molar-refractivity contribution < 1.29 is 23.7 Å². The molecular weight excluding hydrogens is 396 g/mol. The molecule has 4 rings (SSSR count). The van der Waals surface area contributed by atoms with Crippen LogP contribution >= 0.6 is 11.8 Å². The number of imide groups is 1. The van der Waals surface area contributed by atoms with Gasteiger partial charge in [0.15, 0.2) is 0 Å². The Bertz CT molecular complexity index is 961. The van der Waals surface area contributed by atoms with Crippen LogP contribution in [0.2, 0.25) is 0 Å². The number of rotatable bonds is 7. The molecule has 29 heavy (non-hydrogen) atoms. The van der Waals surface area contributed by atoms with Crippen LogP contribution in [0.3, 0.4) is 0 Å². The van der Waals surface area contributed by atoms with Gasteiger partial charge in [-0.2, -0.15) is 0 Å². The first-order valence-corrected chi connectivity index (χ1v) is 10.1. The van der Waals surface area contributed by atoms with E-state index < -0.39 is 10.8 Å². The lowest BCUT2D eigenvalue weighted by Gasteiger charge is -2.19. The second-order valence-corrected chi connectivity index (χ2v) is 7.72. The van der Waals surface area contributed by atoms with Crippen molar-refractivity contribution in [1.29, 1.82) is 0 Å². The fraction of sp³-hybridized carbons (Fsp3) is 0.300. The number of benzene rings is 1. The van der Waals surface area contributed by atoms with Crippen molar-refractivity contribution >= 4 is 34.8 Å². The van der Waals surface area contributed by atoms with Crippen molar-refractivity contribution in [2.24, 2.45) is 0 Å². The highest BCUT2D eigenvalue weighted by Crippen LogP contribution is 2.38. The molecule has 1 aromatic carbocycles. The first kappa shape index (κ1) is 19.4. The van der Waals surface area contributed by atoms with Crippen LogP contribution < -0.4 is 0 Å². The number of nitro groups is 1. The molecule has 0 bridgehead atoms. The number of amides is 2. The highest BCUT2D eigenvalue weighted by molar-refractivity contribution is 8.03. The molecule has 150 valence electrons. The second-order valence-electron chi connectivity index (χ2n) is 6.73. The number of furan rings is 1. The minimum atomic E-state index is -0.504. The molecule has 3 heterocycles. The molecule has 1 fully saturated rings. The first-order valence-electron chi connectivity index (χ1n) is 9.16. The summed E-state index contributed by atoms with van der Waals surface area (Å²) in [5, 5.41) is 10.9. The van der Waals surface area contributed by atoms with Gasteiger partial charge >= 0.3 is 0 Å². The molecule has 2 aliphatic heterocycles. The van der Waals surface area contributed by atoms with Gasteiger partial charge in [-0.3, -0.25) is 24.6 Å². The zero-order chi connectivity index (χ0) is 20.4. The minimum absolute atomic E-state index is 0.0767. The Morgan fingerprint density at radius 2 is 1.97 bits per heavy atom. The van der Waals surface area contributed by atoms with E-state index in [1.165, 1.54) is 40.9 Å². The SMILES string of the molecule is O=C1C(SCc2ccco2)=C(c2ccc([N+](=O)[O-])cc2)C(=O)N1CC1CCCO1. The van der Waals surface area contributed by atoms with E-state index in [4.69, 9.17) is 9.15 Å². The van der Waals surface area contributed by atoms with E-state index in [-0.39, 0.29) is 29.8 Å². The molecular formula is C20H18N2O6S. The van der Waals surface area contributed by atoms with Gasteiger partial charge in [-0.25, -0.2) is 0 Å². The van der Waals surface area contributed by atoms with E-state index in [1.54, 1.807) is 18.4 Å². The largest absolute Gasteiger partial charge is 0.468 e. The topological polar surface area (TPSA) is 103 Å². The summed E-state index contributed by atoms with van der Waals surface area (Å²) >= 11 is 1.23. The Morgan fingerprint density at radius 1 is 1.17 bits per heavy atom. The number of hydrogen-bond acceptors (Lipinski definition) is 7. The molecule has 9 heteroatoms. The molecule has 0 saturated carbocycles. The van der Waals surface area contributed by atoms with Gasteiger partial charge in [0.25, 0.3) is 17.5 Å². The van der Waals surface area contributed by atoms with E-state index in [0.717, 1.165) is 12.8 Å². The number of ether oxygens (including phenoxy) is 1. The van der Waals surface area contributed by atoms with Gasteiger partial charge in [-0.15, -0.1) is 11.8 Å². The Balaban J connectivity index is 1.64. The normalized spacial score (nSPS) is 19.4. The number of hydrogen-bond donors (Lipinski definition) is 0. The summed E-state index contributed by atoms with van der Waals surface area (Å²) in [4.78, 5) is 38.1. The summed E-state index contributed by atoms with van der Waals surface area (Å²) in [6.07, 6.45) is 3.10. The van der Waals surface area contributed by atoms with E-state index in [0.29, 0.717) is 28.6 Å². The molecule has 0 aliphatic carbocycles. The van der Waals surface area contributed by atoms with E-state index in [2.05, 4.69) is 0 Å². The van der Waals surface area contributed by atoms with Crippen molar-refractivity contribution in [3.05, 3.63) is 69.0 Å². The van der Waals surface area contributed by atoms with Crippen LogP contribution in [0.5, 0.6) is 0 Å². The van der Waals surface area contributed by atoms with Crippen molar-refractivity contribution in [3.8, 4) is 0 Å². The highest BCUT2D eigenvalue weighted by Gasteiger charge is 2.40. The maximum atomic E-state index is 13.1. The number of nitro benzene ring substituents is 1. The van der Waals surface area contributed by atoms with Crippen molar-refractivity contribution in [2.45, 2.75) is 24.7 Å². The molecule has 0 N–H and O–H groups in total. The molecule has 2 aromatic rings. The van der Waals surface area contributed by atoms with Gasteiger partial charge in [-0.05, 0) is 42.7 Å². The van der Waals surface area contributed by atoms with Crippen LogP contribution in [0.15, 0.2) is 52.0 Å². The summed E-state index contributed by atoms with van der Waals surface area (Å²) < 4.78 is 10.9. The van der Waals surface area contributed by atoms with Crippen LogP contribution in [0, 0.1) is 10.1 Å². The Labute approximate surface area is 170 Å². The van der Waals surface area contributed by atoms with Gasteiger partial charge in [-0.1, -0.05) is 0 Å². The second kappa shape index (κ2) is 8.22. The smallest absolute Gasteiger partial charge is 0.269 e. The van der Waals surface area contributed by atoms with Gasteiger partial charge in [0.1, 0.15) is 5.76 Å². The highest BCUT2D eigenvalue weighted by atomic mass is 32.2. The molecule has 0 radical (unpaired) electrons. The molecule has 0 spiro atoms. The summed E-state index contributed by atoms with van der Waals surface area (Å²) in [7, 11) is 0. The molecule has 8 nitrogen and oxygen atoms in total. The van der Waals surface area contributed by atoms with Gasteiger partial charge < -0.3 is 9.15 Å². The number of nitrogens with zero attached hydrogens (tertiary/aromatic N) is 2. The summed E-state index contributed by atoms with van der Waals surface area (Å²) in [5.74, 6) is 0.311. The Kier molecular flexibility index (Phi) is 5.50. The van der Waals surface area contributed by atoms with Crippen LogP contribution in [-0.2, 0) is 20.1 Å². The van der Waals surface area contributed by atoms with Gasteiger partial charge in [0.05, 0.1) is 40.1 Å². The lowest BCUT2D eigenvalue weighted by molar-refractivity contribution is -0.384. The lowest BCUT2D eigenvalue weighted by atomic mass is 10.1. The van der Waals surface area contributed by atoms with E-state index in [9.17, 15) is 19.7 Å². The number of carbonyl (C=O) groups is 2. The Morgan fingerprint density at radius 3 is 2.59 bits per heavy atom. The van der Waals surface area contributed by atoms with Crippen LogP contribution in [0.25, 0.3) is 5.57 Å². The summed E-state index contributed by atoms with van der Waals surface area (Å²) in [6.45, 7) is 0.836. The molecule has 1 aromatic heterocycles. The standard InChI is InChI=1S/C20H18N2O6S/c23-19-17(13-5-7-14(8-6-13)22(25)26)18(29-12-16-4-2-10-28-16)20(24)21(19)11-15-3-1-9-27-15/h2,4-8,10,15H,1,3,9,11-12H2. The maximum Gasteiger partial charge on any atom is 0.269 e. The third-order valence-electron chi connectivity index (χ3n) is 4.84. The predicted octanol–water partition coefficient (Wildman–Crippen LogP) is 3.38. The third kappa shape index (κ3) is 3.96. The molecule has 2 amide bonds. The molecule has 2 aliphatic rings. The first-order chi connectivity index (χ1) is 14.0. The average Bonchev–Trinajstić information content (AvgIpc) is 3.45. The monoisotopic (exact) mass is 414 g/mol. The van der Waals surface area contributed by atoms with Crippen molar-refractivity contribution in [3.63, 3.8) is 0 Å². The third-order valence-corrected chi connectivity index (χ3v) is 5.94. The molecule has 1 atom stereocenters. The van der Waals surface area contributed by atoms with Gasteiger partial charge in [0, 0.05) is 18.7 Å². The number of thioether (sulfide) groups is 1. The minimum Gasteiger partial charge on any atom is -0.468 e. The van der Waals surface area contributed by atoms with E-state index in [1.807, 2.05) is 0 Å². The fourth-order valence-corrected chi connectivity index (χ4v) is 4.42. The number of non-ortho nitro benzene ring substituents is 1. The zero-order valence-corrected chi connectivity index (χ0v) is 16.2. The molecule has 1 saturated heterocycles. The lowest BCUT2D eigenvalue weighted by Crippen LogP contribution is -2.37. The molecule has 1 unspecified atom stereocenters. The maximum absolute atomic E-state index is 13.1. The van der Waals surface area contributed by atoms with E-state index >= 15 is 0 Å². The zero-order valence-electron chi connectivity index (χ0n) is 15.4.